The minimum atomic E-state index is -0.256. The Bertz CT molecular complexity index is 500. The average molecular weight is 216 g/mol. The fourth-order valence-electron chi connectivity index (χ4n) is 1.97. The summed E-state index contributed by atoms with van der Waals surface area (Å²) < 4.78 is 0. The summed E-state index contributed by atoms with van der Waals surface area (Å²) in [6.45, 7) is 3.92. The Morgan fingerprint density at radius 1 is 1.44 bits per heavy atom. The lowest BCUT2D eigenvalue weighted by molar-refractivity contribution is 0.0897. The van der Waals surface area contributed by atoms with Gasteiger partial charge in [0.05, 0.1) is 5.69 Å². The van der Waals surface area contributed by atoms with E-state index >= 15 is 0 Å². The van der Waals surface area contributed by atoms with Crippen LogP contribution < -0.4 is 5.32 Å². The van der Waals surface area contributed by atoms with Gasteiger partial charge < -0.3 is 5.32 Å². The summed E-state index contributed by atoms with van der Waals surface area (Å²) in [7, 11) is 0. The molecule has 1 N–H and O–H groups in total. The van der Waals surface area contributed by atoms with Gasteiger partial charge in [-0.3, -0.25) is 4.79 Å². The minimum Gasteiger partial charge on any atom is -0.347 e. The molecular formula is C12H12N2O2. The van der Waals surface area contributed by atoms with Crippen molar-refractivity contribution < 1.29 is 9.59 Å². The number of nitrogens with zero attached hydrogens (tertiary/aromatic N) is 1. The van der Waals surface area contributed by atoms with Gasteiger partial charge in [-0.05, 0) is 44.0 Å². The summed E-state index contributed by atoms with van der Waals surface area (Å²) in [6.07, 6.45) is 2.23. The third-order valence-electron chi connectivity index (χ3n) is 2.59. The summed E-state index contributed by atoms with van der Waals surface area (Å²) in [5.41, 5.74) is 1.86. The van der Waals surface area contributed by atoms with Crippen LogP contribution in [-0.4, -0.2) is 17.5 Å². The van der Waals surface area contributed by atoms with Crippen LogP contribution in [0.5, 0.6) is 0 Å². The smallest absolute Gasteiger partial charge is 0.251 e. The first-order chi connectivity index (χ1) is 7.52. The molecule has 0 saturated heterocycles. The van der Waals surface area contributed by atoms with Crippen molar-refractivity contribution in [3.8, 4) is 0 Å². The van der Waals surface area contributed by atoms with Gasteiger partial charge in [0.25, 0.3) is 5.91 Å². The zero-order valence-electron chi connectivity index (χ0n) is 9.20. The number of aliphatic imine (C=N–C) groups is 1. The maximum absolute atomic E-state index is 11.8. The van der Waals surface area contributed by atoms with Gasteiger partial charge in [0.1, 0.15) is 0 Å². The van der Waals surface area contributed by atoms with Crippen molar-refractivity contribution >= 4 is 17.7 Å². The zero-order valence-corrected chi connectivity index (χ0v) is 9.20. The Hall–Kier alpha value is -1.93. The molecule has 0 saturated carbocycles. The highest BCUT2D eigenvalue weighted by Crippen LogP contribution is 2.26. The lowest BCUT2D eigenvalue weighted by atomic mass is 9.87. The number of nitrogens with one attached hydrogen (secondary N) is 1. The van der Waals surface area contributed by atoms with Crippen LogP contribution in [0.2, 0.25) is 0 Å². The van der Waals surface area contributed by atoms with E-state index in [9.17, 15) is 9.59 Å². The van der Waals surface area contributed by atoms with Gasteiger partial charge in [0.2, 0.25) is 6.08 Å². The molecule has 1 aliphatic rings. The fraction of sp³-hybridized carbons (Fsp3) is 0.333. The molecule has 0 spiro atoms. The molecule has 2 rings (SSSR count). The van der Waals surface area contributed by atoms with Crippen molar-refractivity contribution in [1.29, 1.82) is 0 Å². The van der Waals surface area contributed by atoms with Gasteiger partial charge in [-0.2, -0.15) is 4.99 Å². The Balaban J connectivity index is 2.50. The molecule has 1 amide bonds. The first-order valence-electron chi connectivity index (χ1n) is 5.05. The Kier molecular flexibility index (Phi) is 2.37. The monoisotopic (exact) mass is 216 g/mol. The minimum absolute atomic E-state index is 0.0760. The quantitative estimate of drug-likeness (QED) is 0.574. The van der Waals surface area contributed by atoms with E-state index in [0.717, 1.165) is 12.0 Å². The molecule has 0 fully saturated rings. The molecule has 82 valence electrons. The average Bonchev–Trinajstić information content (AvgIpc) is 2.15. The van der Waals surface area contributed by atoms with Gasteiger partial charge in [-0.15, -0.1) is 0 Å². The van der Waals surface area contributed by atoms with Gasteiger partial charge in [-0.1, -0.05) is 0 Å². The normalized spacial score (nSPS) is 17.0. The van der Waals surface area contributed by atoms with Gasteiger partial charge in [0, 0.05) is 11.1 Å². The SMILES string of the molecule is CC1(C)Cc2cc(N=C=O)ccc2C(=O)N1. The molecule has 0 radical (unpaired) electrons. The summed E-state index contributed by atoms with van der Waals surface area (Å²) >= 11 is 0. The van der Waals surface area contributed by atoms with Crippen molar-refractivity contribution in [2.45, 2.75) is 25.8 Å². The molecule has 1 aromatic rings. The zero-order chi connectivity index (χ0) is 11.8. The van der Waals surface area contributed by atoms with Crippen molar-refractivity contribution in [3.05, 3.63) is 29.3 Å². The maximum atomic E-state index is 11.8. The molecule has 16 heavy (non-hydrogen) atoms. The number of carbonyl (C=O) groups excluding carboxylic acids is 2. The lowest BCUT2D eigenvalue weighted by Crippen LogP contribution is -2.49. The largest absolute Gasteiger partial charge is 0.347 e. The van der Waals surface area contributed by atoms with Crippen molar-refractivity contribution in [2.24, 2.45) is 4.99 Å². The standard InChI is InChI=1S/C12H12N2O2/c1-12(2)6-8-5-9(13-7-15)3-4-10(8)11(16)14-12/h3-5H,6H2,1-2H3,(H,14,16). The highest BCUT2D eigenvalue weighted by Gasteiger charge is 2.29. The number of amides is 1. The molecule has 0 unspecified atom stereocenters. The number of carbonyl (C=O) groups is 1. The third kappa shape index (κ3) is 1.88. The van der Waals surface area contributed by atoms with Gasteiger partial charge in [0.15, 0.2) is 0 Å². The number of rotatable bonds is 1. The summed E-state index contributed by atoms with van der Waals surface area (Å²) in [5.74, 6) is -0.0760. The lowest BCUT2D eigenvalue weighted by Gasteiger charge is -2.32. The van der Waals surface area contributed by atoms with E-state index in [4.69, 9.17) is 0 Å². The molecule has 1 aliphatic heterocycles. The van der Waals surface area contributed by atoms with E-state index in [1.54, 1.807) is 18.2 Å². The number of hydrogen-bond acceptors (Lipinski definition) is 3. The van der Waals surface area contributed by atoms with Gasteiger partial charge >= 0.3 is 0 Å². The number of benzene rings is 1. The second-order valence-corrected chi connectivity index (χ2v) is 4.56. The first-order valence-corrected chi connectivity index (χ1v) is 5.05. The molecule has 1 aromatic carbocycles. The predicted octanol–water partition coefficient (Wildman–Crippen LogP) is 1.72. The summed E-state index contributed by atoms with van der Waals surface area (Å²) in [6, 6.07) is 5.10. The molecule has 0 atom stereocenters. The van der Waals surface area contributed by atoms with Crippen LogP contribution in [0.4, 0.5) is 5.69 Å². The topological polar surface area (TPSA) is 58.5 Å². The molecule has 0 bridgehead atoms. The van der Waals surface area contributed by atoms with Crippen LogP contribution in [-0.2, 0) is 11.2 Å². The van der Waals surface area contributed by atoms with Crippen LogP contribution in [0.15, 0.2) is 23.2 Å². The van der Waals surface area contributed by atoms with Crippen LogP contribution in [0.3, 0.4) is 0 Å². The van der Waals surface area contributed by atoms with E-state index in [2.05, 4.69) is 10.3 Å². The van der Waals surface area contributed by atoms with Crippen molar-refractivity contribution in [1.82, 2.24) is 5.32 Å². The fourth-order valence-corrected chi connectivity index (χ4v) is 1.97. The number of hydrogen-bond donors (Lipinski definition) is 1. The summed E-state index contributed by atoms with van der Waals surface area (Å²) in [5, 5.41) is 2.92. The molecule has 0 aromatic heterocycles. The molecule has 4 heteroatoms. The van der Waals surface area contributed by atoms with Crippen LogP contribution in [0.25, 0.3) is 0 Å². The predicted molar refractivity (Wildman–Crippen MR) is 59.5 cm³/mol. The Morgan fingerprint density at radius 2 is 2.19 bits per heavy atom. The maximum Gasteiger partial charge on any atom is 0.251 e. The highest BCUT2D eigenvalue weighted by molar-refractivity contribution is 5.97. The van der Waals surface area contributed by atoms with Crippen LogP contribution in [0, 0.1) is 0 Å². The van der Waals surface area contributed by atoms with E-state index in [1.807, 2.05) is 13.8 Å². The first kappa shape index (κ1) is 10.6. The molecular weight excluding hydrogens is 204 g/mol. The Morgan fingerprint density at radius 3 is 2.88 bits per heavy atom. The van der Waals surface area contributed by atoms with Crippen molar-refractivity contribution in [3.63, 3.8) is 0 Å². The summed E-state index contributed by atoms with van der Waals surface area (Å²) in [4.78, 5) is 25.5. The highest BCUT2D eigenvalue weighted by atomic mass is 16.1. The van der Waals surface area contributed by atoms with E-state index in [1.165, 1.54) is 6.08 Å². The second-order valence-electron chi connectivity index (χ2n) is 4.56. The second kappa shape index (κ2) is 3.58. The van der Waals surface area contributed by atoms with E-state index in [-0.39, 0.29) is 11.4 Å². The molecule has 1 heterocycles. The Labute approximate surface area is 93.4 Å². The third-order valence-corrected chi connectivity index (χ3v) is 2.59. The molecule has 0 aliphatic carbocycles. The van der Waals surface area contributed by atoms with Crippen LogP contribution in [0.1, 0.15) is 29.8 Å². The number of fused-ring (bicyclic) bond motifs is 1. The molecule has 4 nitrogen and oxygen atoms in total. The van der Waals surface area contributed by atoms with Crippen molar-refractivity contribution in [2.75, 3.05) is 0 Å². The van der Waals surface area contributed by atoms with E-state index < -0.39 is 0 Å². The van der Waals surface area contributed by atoms with E-state index in [0.29, 0.717) is 11.3 Å². The number of isocyanates is 1. The van der Waals surface area contributed by atoms with Crippen LogP contribution >= 0.6 is 0 Å². The van der Waals surface area contributed by atoms with Gasteiger partial charge in [-0.25, -0.2) is 4.79 Å².